The number of piperidine rings is 1. The lowest BCUT2D eigenvalue weighted by Gasteiger charge is -2.31. The molecule has 0 aromatic carbocycles. The number of aromatic nitrogens is 3. The molecule has 6 heteroatoms. The predicted molar refractivity (Wildman–Crippen MR) is 61.2 cm³/mol. The third-order valence-electron chi connectivity index (χ3n) is 3.15. The summed E-state index contributed by atoms with van der Waals surface area (Å²) in [7, 11) is 1.55. The number of ether oxygens (including phenoxy) is 1. The summed E-state index contributed by atoms with van der Waals surface area (Å²) in [5.41, 5.74) is 0. The largest absolute Gasteiger partial charge is 0.375 e. The molecule has 1 aromatic rings. The molecule has 0 bridgehead atoms. The van der Waals surface area contributed by atoms with Gasteiger partial charge in [0, 0.05) is 32.9 Å². The average molecular weight is 238 g/mol. The van der Waals surface area contributed by atoms with Crippen LogP contribution in [0.25, 0.3) is 0 Å². The zero-order valence-corrected chi connectivity index (χ0v) is 10.1. The number of nitrogens with zero attached hydrogens (tertiary/aromatic N) is 4. The third-order valence-corrected chi connectivity index (χ3v) is 3.15. The SMILES string of the molecule is COCC(=O)N1CCC(Cn2ccnn2)CC1. The Morgan fingerprint density at radius 3 is 2.82 bits per heavy atom. The highest BCUT2D eigenvalue weighted by molar-refractivity contribution is 5.77. The number of likely N-dealkylation sites (tertiary alicyclic amines) is 1. The number of amides is 1. The van der Waals surface area contributed by atoms with Crippen molar-refractivity contribution in [2.75, 3.05) is 26.8 Å². The van der Waals surface area contributed by atoms with Crippen LogP contribution in [0.5, 0.6) is 0 Å². The van der Waals surface area contributed by atoms with Gasteiger partial charge in [0.05, 0.1) is 6.20 Å². The van der Waals surface area contributed by atoms with Gasteiger partial charge in [0.25, 0.3) is 0 Å². The molecular weight excluding hydrogens is 220 g/mol. The highest BCUT2D eigenvalue weighted by Crippen LogP contribution is 2.18. The Bertz CT molecular complexity index is 344. The van der Waals surface area contributed by atoms with Crippen LogP contribution in [0.1, 0.15) is 12.8 Å². The minimum absolute atomic E-state index is 0.0895. The van der Waals surface area contributed by atoms with E-state index in [0.717, 1.165) is 32.5 Å². The third kappa shape index (κ3) is 3.26. The Hall–Kier alpha value is -1.43. The summed E-state index contributed by atoms with van der Waals surface area (Å²) < 4.78 is 6.71. The van der Waals surface area contributed by atoms with Gasteiger partial charge < -0.3 is 9.64 Å². The van der Waals surface area contributed by atoms with E-state index < -0.39 is 0 Å². The number of rotatable bonds is 4. The van der Waals surface area contributed by atoms with Crippen LogP contribution in [0.4, 0.5) is 0 Å². The normalized spacial score (nSPS) is 17.4. The van der Waals surface area contributed by atoms with Gasteiger partial charge in [0.2, 0.25) is 5.91 Å². The standard InChI is InChI=1S/C11H18N4O2/c1-17-9-11(16)14-5-2-10(3-6-14)8-15-7-4-12-13-15/h4,7,10H,2-3,5-6,8-9H2,1H3. The van der Waals surface area contributed by atoms with E-state index in [1.165, 1.54) is 0 Å². The van der Waals surface area contributed by atoms with E-state index in [4.69, 9.17) is 4.74 Å². The molecule has 1 aliphatic rings. The number of hydrogen-bond donors (Lipinski definition) is 0. The Labute approximate surface area is 101 Å². The summed E-state index contributed by atoms with van der Waals surface area (Å²) in [5.74, 6) is 0.676. The first-order valence-electron chi connectivity index (χ1n) is 5.90. The molecule has 0 radical (unpaired) electrons. The molecule has 0 saturated carbocycles. The van der Waals surface area contributed by atoms with Crippen molar-refractivity contribution < 1.29 is 9.53 Å². The number of carbonyl (C=O) groups is 1. The molecular formula is C11H18N4O2. The van der Waals surface area contributed by atoms with Gasteiger partial charge in [-0.05, 0) is 18.8 Å². The van der Waals surface area contributed by atoms with E-state index >= 15 is 0 Å². The molecule has 0 N–H and O–H groups in total. The van der Waals surface area contributed by atoms with E-state index in [9.17, 15) is 4.79 Å². The summed E-state index contributed by atoms with van der Waals surface area (Å²) >= 11 is 0. The van der Waals surface area contributed by atoms with Crippen molar-refractivity contribution in [3.05, 3.63) is 12.4 Å². The number of methoxy groups -OCH3 is 1. The second-order valence-electron chi connectivity index (χ2n) is 4.38. The van der Waals surface area contributed by atoms with Crippen LogP contribution >= 0.6 is 0 Å². The number of hydrogen-bond acceptors (Lipinski definition) is 4. The molecule has 1 amide bonds. The fourth-order valence-corrected chi connectivity index (χ4v) is 2.17. The molecule has 1 saturated heterocycles. The summed E-state index contributed by atoms with van der Waals surface area (Å²) in [6.07, 6.45) is 5.62. The van der Waals surface area contributed by atoms with Crippen molar-refractivity contribution in [2.45, 2.75) is 19.4 Å². The molecule has 1 aromatic heterocycles. The molecule has 1 aliphatic heterocycles. The second-order valence-corrected chi connectivity index (χ2v) is 4.38. The van der Waals surface area contributed by atoms with Crippen LogP contribution in [-0.2, 0) is 16.1 Å². The lowest BCUT2D eigenvalue weighted by Crippen LogP contribution is -2.41. The first-order chi connectivity index (χ1) is 8.29. The average Bonchev–Trinajstić information content (AvgIpc) is 2.83. The van der Waals surface area contributed by atoms with Crippen molar-refractivity contribution in [3.8, 4) is 0 Å². The van der Waals surface area contributed by atoms with Gasteiger partial charge in [0.1, 0.15) is 6.61 Å². The molecule has 2 heterocycles. The van der Waals surface area contributed by atoms with Crippen molar-refractivity contribution in [1.82, 2.24) is 19.9 Å². The van der Waals surface area contributed by atoms with Gasteiger partial charge in [-0.2, -0.15) is 0 Å². The van der Waals surface area contributed by atoms with E-state index in [0.29, 0.717) is 5.92 Å². The second kappa shape index (κ2) is 5.77. The molecule has 1 fully saturated rings. The molecule has 0 atom stereocenters. The smallest absolute Gasteiger partial charge is 0.248 e. The minimum atomic E-state index is 0.0895. The maximum atomic E-state index is 11.6. The Morgan fingerprint density at radius 1 is 1.47 bits per heavy atom. The maximum Gasteiger partial charge on any atom is 0.248 e. The summed E-state index contributed by atoms with van der Waals surface area (Å²) in [6.45, 7) is 2.73. The van der Waals surface area contributed by atoms with E-state index in [2.05, 4.69) is 10.3 Å². The predicted octanol–water partition coefficient (Wildman–Crippen LogP) is 0.163. The highest BCUT2D eigenvalue weighted by atomic mass is 16.5. The summed E-state index contributed by atoms with van der Waals surface area (Å²) in [6, 6.07) is 0. The molecule has 0 unspecified atom stereocenters. The quantitative estimate of drug-likeness (QED) is 0.750. The first kappa shape index (κ1) is 12.0. The van der Waals surface area contributed by atoms with Crippen LogP contribution < -0.4 is 0 Å². The monoisotopic (exact) mass is 238 g/mol. The molecule has 0 aliphatic carbocycles. The van der Waals surface area contributed by atoms with Crippen LogP contribution in [0.2, 0.25) is 0 Å². The van der Waals surface area contributed by atoms with E-state index in [-0.39, 0.29) is 12.5 Å². The van der Waals surface area contributed by atoms with E-state index in [1.807, 2.05) is 15.8 Å². The van der Waals surface area contributed by atoms with Crippen molar-refractivity contribution in [2.24, 2.45) is 5.92 Å². The molecule has 2 rings (SSSR count). The zero-order chi connectivity index (χ0) is 12.1. The van der Waals surface area contributed by atoms with Gasteiger partial charge in [-0.3, -0.25) is 9.48 Å². The number of carbonyl (C=O) groups excluding carboxylic acids is 1. The van der Waals surface area contributed by atoms with Crippen molar-refractivity contribution in [1.29, 1.82) is 0 Å². The lowest BCUT2D eigenvalue weighted by atomic mass is 9.97. The molecule has 94 valence electrons. The Morgan fingerprint density at radius 2 is 2.24 bits per heavy atom. The summed E-state index contributed by atoms with van der Waals surface area (Å²) in [5, 5.41) is 7.75. The highest BCUT2D eigenvalue weighted by Gasteiger charge is 2.22. The van der Waals surface area contributed by atoms with Crippen LogP contribution in [0, 0.1) is 5.92 Å². The van der Waals surface area contributed by atoms with E-state index in [1.54, 1.807) is 13.3 Å². The minimum Gasteiger partial charge on any atom is -0.375 e. The van der Waals surface area contributed by atoms with Gasteiger partial charge in [0.15, 0.2) is 0 Å². The molecule has 17 heavy (non-hydrogen) atoms. The Balaban J connectivity index is 1.76. The fraction of sp³-hybridized carbons (Fsp3) is 0.727. The van der Waals surface area contributed by atoms with Gasteiger partial charge in [-0.1, -0.05) is 5.21 Å². The van der Waals surface area contributed by atoms with Crippen molar-refractivity contribution in [3.63, 3.8) is 0 Å². The maximum absolute atomic E-state index is 11.6. The molecule has 6 nitrogen and oxygen atoms in total. The van der Waals surface area contributed by atoms with Gasteiger partial charge in [-0.15, -0.1) is 5.10 Å². The van der Waals surface area contributed by atoms with Crippen LogP contribution in [0.3, 0.4) is 0 Å². The first-order valence-corrected chi connectivity index (χ1v) is 5.90. The van der Waals surface area contributed by atoms with Gasteiger partial charge >= 0.3 is 0 Å². The zero-order valence-electron chi connectivity index (χ0n) is 10.1. The fourth-order valence-electron chi connectivity index (χ4n) is 2.17. The Kier molecular flexibility index (Phi) is 4.08. The lowest BCUT2D eigenvalue weighted by molar-refractivity contribution is -0.136. The van der Waals surface area contributed by atoms with Crippen molar-refractivity contribution >= 4 is 5.91 Å². The topological polar surface area (TPSA) is 60.2 Å². The van der Waals surface area contributed by atoms with Crippen LogP contribution in [0.15, 0.2) is 12.4 Å². The summed E-state index contributed by atoms with van der Waals surface area (Å²) in [4.78, 5) is 13.5. The van der Waals surface area contributed by atoms with Crippen LogP contribution in [-0.4, -0.2) is 52.6 Å². The van der Waals surface area contributed by atoms with Gasteiger partial charge in [-0.25, -0.2) is 0 Å². The molecule has 0 spiro atoms.